The number of carboxylic acid groups (broad SMARTS) is 1. The zero-order chi connectivity index (χ0) is 20.1. The summed E-state index contributed by atoms with van der Waals surface area (Å²) in [5, 5.41) is 16.7. The lowest BCUT2D eigenvalue weighted by atomic mass is 9.85. The number of rotatable bonds is 3. The van der Waals surface area contributed by atoms with Crippen LogP contribution in [0.5, 0.6) is 0 Å². The molecule has 0 bridgehead atoms. The number of fused-ring (bicyclic) bond motifs is 2. The monoisotopic (exact) mass is 389 g/mol. The molecule has 4 heterocycles. The minimum Gasteiger partial charge on any atom is -0.478 e. The summed E-state index contributed by atoms with van der Waals surface area (Å²) in [6.45, 7) is 1.87. The number of nitrogens with one attached hydrogen (secondary N) is 2. The van der Waals surface area contributed by atoms with E-state index in [1.54, 1.807) is 28.9 Å². The summed E-state index contributed by atoms with van der Waals surface area (Å²) < 4.78 is 1.59. The Bertz CT molecular complexity index is 1270. The lowest BCUT2D eigenvalue weighted by molar-refractivity contribution is -0.116. The van der Waals surface area contributed by atoms with Gasteiger partial charge in [0.15, 0.2) is 11.5 Å². The van der Waals surface area contributed by atoms with Gasteiger partial charge in [-0.1, -0.05) is 12.1 Å². The van der Waals surface area contributed by atoms with Gasteiger partial charge in [0, 0.05) is 17.9 Å². The van der Waals surface area contributed by atoms with Crippen LogP contribution in [0.15, 0.2) is 36.9 Å². The number of aromatic nitrogens is 6. The second-order valence-electron chi connectivity index (χ2n) is 6.79. The molecule has 1 amide bonds. The molecule has 1 aliphatic heterocycles. The minimum atomic E-state index is -0.991. The average molecular weight is 389 g/mol. The van der Waals surface area contributed by atoms with Crippen molar-refractivity contribution >= 4 is 28.9 Å². The van der Waals surface area contributed by atoms with E-state index in [0.717, 1.165) is 16.8 Å². The SMILES string of the molecule is Cc1nn(-c2ncnc3nc[nH]c23)c2c1[C@@H](c1ccc(C(=O)O)cc1)CC(=O)N2. The smallest absolute Gasteiger partial charge is 0.335 e. The number of amides is 1. The van der Waals surface area contributed by atoms with Crippen LogP contribution in [-0.4, -0.2) is 46.7 Å². The third-order valence-corrected chi connectivity index (χ3v) is 5.07. The van der Waals surface area contributed by atoms with Crippen molar-refractivity contribution in [2.75, 3.05) is 5.32 Å². The Morgan fingerprint density at radius 3 is 2.76 bits per heavy atom. The van der Waals surface area contributed by atoms with E-state index in [0.29, 0.717) is 22.8 Å². The quantitative estimate of drug-likeness (QED) is 0.487. The second-order valence-corrected chi connectivity index (χ2v) is 6.79. The molecule has 0 spiro atoms. The number of hydrogen-bond acceptors (Lipinski definition) is 6. The van der Waals surface area contributed by atoms with Crippen molar-refractivity contribution in [2.24, 2.45) is 0 Å². The van der Waals surface area contributed by atoms with Crippen LogP contribution < -0.4 is 5.32 Å². The maximum absolute atomic E-state index is 12.5. The fraction of sp³-hybridized carbons (Fsp3) is 0.158. The first-order valence-electron chi connectivity index (χ1n) is 8.90. The van der Waals surface area contributed by atoms with Gasteiger partial charge in [0.1, 0.15) is 17.7 Å². The summed E-state index contributed by atoms with van der Waals surface area (Å²) >= 11 is 0. The molecule has 1 aromatic carbocycles. The number of anilines is 1. The first kappa shape index (κ1) is 17.0. The van der Waals surface area contributed by atoms with Gasteiger partial charge < -0.3 is 15.4 Å². The van der Waals surface area contributed by atoms with Gasteiger partial charge in [0.2, 0.25) is 5.91 Å². The molecule has 3 N–H and O–H groups in total. The highest BCUT2D eigenvalue weighted by atomic mass is 16.4. The van der Waals surface area contributed by atoms with Crippen LogP contribution in [0.4, 0.5) is 5.82 Å². The maximum atomic E-state index is 12.5. The molecule has 0 saturated heterocycles. The standard InChI is InChI=1S/C19H15N7O3/c1-9-14-12(10-2-4-11(5-3-10)19(28)29)6-13(27)24-17(14)26(25-9)18-15-16(21-7-20-15)22-8-23-18/h2-5,7-8,12H,6H2,1H3,(H,24,27)(H,28,29)(H,20,21,22,23)/t12-/m1/s1. The number of benzene rings is 1. The zero-order valence-corrected chi connectivity index (χ0v) is 15.2. The van der Waals surface area contributed by atoms with Crippen molar-refractivity contribution in [3.8, 4) is 5.82 Å². The van der Waals surface area contributed by atoms with E-state index < -0.39 is 5.97 Å². The topological polar surface area (TPSA) is 139 Å². The van der Waals surface area contributed by atoms with E-state index in [9.17, 15) is 9.59 Å². The predicted octanol–water partition coefficient (Wildman–Crippen LogP) is 2.02. The first-order chi connectivity index (χ1) is 14.0. The third-order valence-electron chi connectivity index (χ3n) is 5.07. The molecule has 5 rings (SSSR count). The Labute approximate surface area is 163 Å². The van der Waals surface area contributed by atoms with E-state index in [1.165, 1.54) is 12.7 Å². The van der Waals surface area contributed by atoms with Gasteiger partial charge in [-0.15, -0.1) is 0 Å². The predicted molar refractivity (Wildman–Crippen MR) is 102 cm³/mol. The molecule has 0 unspecified atom stereocenters. The Hall–Kier alpha value is -4.08. The summed E-state index contributed by atoms with van der Waals surface area (Å²) in [6, 6.07) is 6.57. The molecule has 0 radical (unpaired) electrons. The van der Waals surface area contributed by atoms with E-state index in [4.69, 9.17) is 5.11 Å². The molecule has 0 saturated carbocycles. The molecule has 29 heavy (non-hydrogen) atoms. The first-order valence-corrected chi connectivity index (χ1v) is 8.90. The molecule has 144 valence electrons. The van der Waals surface area contributed by atoms with Crippen molar-refractivity contribution in [1.82, 2.24) is 29.7 Å². The molecule has 4 aromatic rings. The van der Waals surface area contributed by atoms with Crippen LogP contribution in [0.3, 0.4) is 0 Å². The largest absolute Gasteiger partial charge is 0.478 e. The number of aromatic amines is 1. The molecule has 0 fully saturated rings. The molecule has 3 aromatic heterocycles. The minimum absolute atomic E-state index is 0.152. The summed E-state index contributed by atoms with van der Waals surface area (Å²) in [4.78, 5) is 39.2. The molecule has 10 nitrogen and oxygen atoms in total. The molecular formula is C19H15N7O3. The number of carbonyl (C=O) groups is 2. The van der Waals surface area contributed by atoms with Crippen molar-refractivity contribution in [2.45, 2.75) is 19.3 Å². The molecule has 1 aliphatic rings. The summed E-state index contributed by atoms with van der Waals surface area (Å²) in [5.41, 5.74) is 3.78. The maximum Gasteiger partial charge on any atom is 0.335 e. The van der Waals surface area contributed by atoms with Gasteiger partial charge in [-0.3, -0.25) is 4.79 Å². The fourth-order valence-electron chi connectivity index (χ4n) is 3.76. The number of carbonyl (C=O) groups excluding carboxylic acids is 1. The number of carboxylic acids is 1. The number of nitrogens with zero attached hydrogens (tertiary/aromatic N) is 5. The Balaban J connectivity index is 1.67. The number of hydrogen-bond donors (Lipinski definition) is 3. The average Bonchev–Trinajstić information content (AvgIpc) is 3.32. The second kappa shape index (κ2) is 6.23. The Morgan fingerprint density at radius 2 is 2.00 bits per heavy atom. The summed E-state index contributed by atoms with van der Waals surface area (Å²) in [6.07, 6.45) is 3.17. The van der Waals surface area contributed by atoms with E-state index in [2.05, 4.69) is 30.4 Å². The van der Waals surface area contributed by atoms with E-state index in [1.807, 2.05) is 6.92 Å². The fourth-order valence-corrected chi connectivity index (χ4v) is 3.76. The van der Waals surface area contributed by atoms with E-state index >= 15 is 0 Å². The van der Waals surface area contributed by atoms with Crippen LogP contribution >= 0.6 is 0 Å². The van der Waals surface area contributed by atoms with Crippen molar-refractivity contribution in [3.63, 3.8) is 0 Å². The molecule has 10 heteroatoms. The Kier molecular flexibility index (Phi) is 3.66. The van der Waals surface area contributed by atoms with Gasteiger partial charge in [-0.25, -0.2) is 19.7 Å². The lowest BCUT2D eigenvalue weighted by Gasteiger charge is -2.24. The van der Waals surface area contributed by atoms with Crippen LogP contribution in [0.2, 0.25) is 0 Å². The van der Waals surface area contributed by atoms with Gasteiger partial charge in [0.05, 0.1) is 17.6 Å². The Morgan fingerprint density at radius 1 is 1.21 bits per heavy atom. The molecule has 0 aliphatic carbocycles. The highest BCUT2D eigenvalue weighted by Gasteiger charge is 2.33. The summed E-state index contributed by atoms with van der Waals surface area (Å²) in [5.74, 6) is -0.357. The van der Waals surface area contributed by atoms with Crippen LogP contribution in [-0.2, 0) is 4.79 Å². The van der Waals surface area contributed by atoms with Crippen LogP contribution in [0.1, 0.15) is 39.5 Å². The zero-order valence-electron chi connectivity index (χ0n) is 15.2. The van der Waals surface area contributed by atoms with Gasteiger partial charge in [0.25, 0.3) is 0 Å². The van der Waals surface area contributed by atoms with Gasteiger partial charge in [-0.2, -0.15) is 9.78 Å². The number of imidazole rings is 1. The lowest BCUT2D eigenvalue weighted by Crippen LogP contribution is -2.25. The number of aryl methyl sites for hydroxylation is 1. The molecule has 1 atom stereocenters. The molecular weight excluding hydrogens is 374 g/mol. The highest BCUT2D eigenvalue weighted by molar-refractivity contribution is 5.95. The van der Waals surface area contributed by atoms with Crippen LogP contribution in [0, 0.1) is 6.92 Å². The van der Waals surface area contributed by atoms with Gasteiger partial charge >= 0.3 is 5.97 Å². The normalized spacial score (nSPS) is 15.9. The highest BCUT2D eigenvalue weighted by Crippen LogP contribution is 2.40. The third kappa shape index (κ3) is 2.64. The van der Waals surface area contributed by atoms with Gasteiger partial charge in [-0.05, 0) is 24.6 Å². The van der Waals surface area contributed by atoms with Crippen molar-refractivity contribution in [1.29, 1.82) is 0 Å². The summed E-state index contributed by atoms with van der Waals surface area (Å²) in [7, 11) is 0. The van der Waals surface area contributed by atoms with Crippen LogP contribution in [0.25, 0.3) is 17.0 Å². The van der Waals surface area contributed by atoms with E-state index in [-0.39, 0.29) is 23.8 Å². The van der Waals surface area contributed by atoms with Crippen molar-refractivity contribution in [3.05, 3.63) is 59.3 Å². The number of H-pyrrole nitrogens is 1. The van der Waals surface area contributed by atoms with Crippen molar-refractivity contribution < 1.29 is 14.7 Å². The number of aromatic carboxylic acids is 1.